The Kier molecular flexibility index (Phi) is 4.37. The predicted octanol–water partition coefficient (Wildman–Crippen LogP) is 4.44. The molecule has 1 atom stereocenters. The van der Waals surface area contributed by atoms with Crippen LogP contribution in [-0.4, -0.2) is 11.0 Å². The van der Waals surface area contributed by atoms with Crippen molar-refractivity contribution in [3.63, 3.8) is 0 Å². The summed E-state index contributed by atoms with van der Waals surface area (Å²) < 4.78 is 6.45. The number of halogens is 1. The van der Waals surface area contributed by atoms with Crippen molar-refractivity contribution in [2.75, 3.05) is 0 Å². The van der Waals surface area contributed by atoms with Crippen LogP contribution in [0.4, 0.5) is 0 Å². The van der Waals surface area contributed by atoms with Crippen LogP contribution in [0.25, 0.3) is 0 Å². The molecule has 1 aromatic carbocycles. The molecule has 0 aliphatic carbocycles. The molecule has 2 aromatic rings. The number of carbonyl (C=O) groups excluding carboxylic acids is 1. The fourth-order valence-electron chi connectivity index (χ4n) is 1.74. The van der Waals surface area contributed by atoms with E-state index in [-0.39, 0.29) is 12.1 Å². The lowest BCUT2D eigenvalue weighted by atomic mass is 10.1. The van der Waals surface area contributed by atoms with Gasteiger partial charge in [-0.15, -0.1) is 11.3 Å². The first-order chi connectivity index (χ1) is 8.97. The van der Waals surface area contributed by atoms with E-state index in [1.54, 1.807) is 0 Å². The molecule has 100 valence electrons. The highest BCUT2D eigenvalue weighted by atomic mass is 79.9. The molecule has 0 spiro atoms. The zero-order chi connectivity index (χ0) is 14.0. The molecule has 0 amide bonds. The molecule has 1 aromatic heterocycles. The van der Waals surface area contributed by atoms with Crippen molar-refractivity contribution in [1.82, 2.24) is 4.98 Å². The summed E-state index contributed by atoms with van der Waals surface area (Å²) in [4.78, 5) is 17.1. The molecule has 3 nitrogen and oxygen atoms in total. The van der Waals surface area contributed by atoms with Crippen molar-refractivity contribution < 1.29 is 9.53 Å². The summed E-state index contributed by atoms with van der Waals surface area (Å²) in [6.07, 6.45) is -0.290. The highest BCUT2D eigenvalue weighted by Gasteiger charge is 2.18. The maximum atomic E-state index is 12.0. The lowest BCUT2D eigenvalue weighted by molar-refractivity contribution is 0.0331. The highest BCUT2D eigenvalue weighted by molar-refractivity contribution is 9.10. The van der Waals surface area contributed by atoms with E-state index in [1.165, 1.54) is 11.3 Å². The number of carbonyl (C=O) groups is 1. The molecule has 0 aliphatic rings. The number of nitrogens with zero attached hydrogens (tertiary/aromatic N) is 1. The largest absolute Gasteiger partial charge is 0.453 e. The summed E-state index contributed by atoms with van der Waals surface area (Å²) >= 11 is 4.88. The van der Waals surface area contributed by atoms with Gasteiger partial charge in [0.15, 0.2) is 5.69 Å². The molecule has 0 saturated carbocycles. The molecule has 1 unspecified atom stereocenters. The maximum Gasteiger partial charge on any atom is 0.358 e. The van der Waals surface area contributed by atoms with Crippen molar-refractivity contribution in [1.29, 1.82) is 0 Å². The zero-order valence-electron chi connectivity index (χ0n) is 10.9. The molecule has 2 rings (SSSR count). The van der Waals surface area contributed by atoms with E-state index in [0.29, 0.717) is 5.69 Å². The first-order valence-electron chi connectivity index (χ1n) is 5.88. The molecule has 19 heavy (non-hydrogen) atoms. The number of hydrogen-bond acceptors (Lipinski definition) is 4. The number of ether oxygens (including phenoxy) is 1. The van der Waals surface area contributed by atoms with E-state index < -0.39 is 0 Å². The Hall–Kier alpha value is -1.20. The van der Waals surface area contributed by atoms with E-state index in [0.717, 1.165) is 19.9 Å². The Balaban J connectivity index is 2.10. The van der Waals surface area contributed by atoms with Crippen LogP contribution in [-0.2, 0) is 4.74 Å². The van der Waals surface area contributed by atoms with Crippen LogP contribution in [0.2, 0.25) is 0 Å². The second-order valence-corrected chi connectivity index (χ2v) is 6.56. The Bertz CT molecular complexity index is 592. The average molecular weight is 340 g/mol. The van der Waals surface area contributed by atoms with Crippen molar-refractivity contribution in [2.24, 2.45) is 0 Å². The van der Waals surface area contributed by atoms with Gasteiger partial charge in [0.2, 0.25) is 0 Å². The van der Waals surface area contributed by atoms with Crippen LogP contribution in [0.3, 0.4) is 0 Å². The minimum absolute atomic E-state index is 0.290. The monoisotopic (exact) mass is 339 g/mol. The second-order valence-electron chi connectivity index (χ2n) is 4.24. The minimum Gasteiger partial charge on any atom is -0.453 e. The van der Waals surface area contributed by atoms with Gasteiger partial charge in [0.1, 0.15) is 6.10 Å². The summed E-state index contributed by atoms with van der Waals surface area (Å²) in [5, 5.41) is 0.876. The molecule has 5 heteroatoms. The summed E-state index contributed by atoms with van der Waals surface area (Å²) in [6.45, 7) is 5.62. The fraction of sp³-hybridized carbons (Fsp3) is 0.286. The lowest BCUT2D eigenvalue weighted by Gasteiger charge is -2.13. The Morgan fingerprint density at radius 1 is 1.32 bits per heavy atom. The standard InChI is InChI=1S/C14H14BrNO2S/c1-8(11-4-6-12(15)7-5-11)18-14(17)13-9(2)19-10(3)16-13/h4-8H,1-3H3. The number of hydrogen-bond donors (Lipinski definition) is 0. The minimum atomic E-state index is -0.364. The number of aryl methyl sites for hydroxylation is 2. The summed E-state index contributed by atoms with van der Waals surface area (Å²) in [5.74, 6) is -0.364. The first-order valence-corrected chi connectivity index (χ1v) is 7.49. The average Bonchev–Trinajstić information content (AvgIpc) is 2.69. The number of benzene rings is 1. The van der Waals surface area contributed by atoms with Gasteiger partial charge >= 0.3 is 5.97 Å². The maximum absolute atomic E-state index is 12.0. The van der Waals surface area contributed by atoms with Crippen LogP contribution in [0.15, 0.2) is 28.7 Å². The van der Waals surface area contributed by atoms with E-state index in [4.69, 9.17) is 4.74 Å². The van der Waals surface area contributed by atoms with Gasteiger partial charge in [-0.1, -0.05) is 28.1 Å². The summed E-state index contributed by atoms with van der Waals surface area (Å²) in [7, 11) is 0. The van der Waals surface area contributed by atoms with Crippen molar-refractivity contribution in [2.45, 2.75) is 26.9 Å². The summed E-state index contributed by atoms with van der Waals surface area (Å²) in [5.41, 5.74) is 1.38. The highest BCUT2D eigenvalue weighted by Crippen LogP contribution is 2.23. The van der Waals surface area contributed by atoms with E-state index in [9.17, 15) is 4.79 Å². The van der Waals surface area contributed by atoms with Crippen LogP contribution < -0.4 is 0 Å². The smallest absolute Gasteiger partial charge is 0.358 e. The van der Waals surface area contributed by atoms with Gasteiger partial charge in [0.25, 0.3) is 0 Å². The Morgan fingerprint density at radius 3 is 2.47 bits per heavy atom. The second kappa shape index (κ2) is 5.84. The van der Waals surface area contributed by atoms with Crippen molar-refractivity contribution >= 4 is 33.2 Å². The third-order valence-electron chi connectivity index (χ3n) is 2.72. The SMILES string of the molecule is Cc1nc(C(=O)OC(C)c2ccc(Br)cc2)c(C)s1. The Morgan fingerprint density at radius 2 is 1.95 bits per heavy atom. The van der Waals surface area contributed by atoms with E-state index >= 15 is 0 Å². The molecule has 0 N–H and O–H groups in total. The van der Waals surface area contributed by atoms with Gasteiger partial charge in [0.05, 0.1) is 5.01 Å². The van der Waals surface area contributed by atoms with Gasteiger partial charge in [-0.2, -0.15) is 0 Å². The molecular formula is C14H14BrNO2S. The lowest BCUT2D eigenvalue weighted by Crippen LogP contribution is -2.10. The summed E-state index contributed by atoms with van der Waals surface area (Å²) in [6, 6.07) is 7.72. The number of aromatic nitrogens is 1. The van der Waals surface area contributed by atoms with Crippen LogP contribution in [0.1, 0.15) is 39.0 Å². The van der Waals surface area contributed by atoms with Gasteiger partial charge in [-0.25, -0.2) is 9.78 Å². The Labute approximate surface area is 124 Å². The fourth-order valence-corrected chi connectivity index (χ4v) is 2.81. The zero-order valence-corrected chi connectivity index (χ0v) is 13.3. The van der Waals surface area contributed by atoms with Crippen LogP contribution in [0, 0.1) is 13.8 Å². The third kappa shape index (κ3) is 3.42. The topological polar surface area (TPSA) is 39.2 Å². The van der Waals surface area contributed by atoms with Gasteiger partial charge < -0.3 is 4.74 Å². The molecule has 0 saturated heterocycles. The third-order valence-corrected chi connectivity index (χ3v) is 4.14. The van der Waals surface area contributed by atoms with Crippen molar-refractivity contribution in [3.05, 3.63) is 49.9 Å². The molecule has 1 heterocycles. The number of thiazole rings is 1. The predicted molar refractivity (Wildman–Crippen MR) is 79.6 cm³/mol. The molecule has 0 bridgehead atoms. The van der Waals surface area contributed by atoms with Crippen LogP contribution in [0.5, 0.6) is 0 Å². The number of esters is 1. The van der Waals surface area contributed by atoms with Crippen molar-refractivity contribution in [3.8, 4) is 0 Å². The molecule has 0 radical (unpaired) electrons. The molecule has 0 aliphatic heterocycles. The van der Waals surface area contributed by atoms with E-state index in [1.807, 2.05) is 45.0 Å². The van der Waals surface area contributed by atoms with Gasteiger partial charge in [-0.3, -0.25) is 0 Å². The normalized spacial score (nSPS) is 12.2. The van der Waals surface area contributed by atoms with Gasteiger partial charge in [0, 0.05) is 9.35 Å². The number of rotatable bonds is 3. The molecule has 0 fully saturated rings. The quantitative estimate of drug-likeness (QED) is 0.776. The first kappa shape index (κ1) is 14.2. The van der Waals surface area contributed by atoms with E-state index in [2.05, 4.69) is 20.9 Å². The van der Waals surface area contributed by atoms with Gasteiger partial charge in [-0.05, 0) is 38.5 Å². The van der Waals surface area contributed by atoms with Crippen LogP contribution >= 0.6 is 27.3 Å². The molecular weight excluding hydrogens is 326 g/mol.